The van der Waals surface area contributed by atoms with E-state index in [0.717, 1.165) is 17.8 Å². The second-order valence-electron chi connectivity index (χ2n) is 4.10. The van der Waals surface area contributed by atoms with E-state index in [2.05, 4.69) is 11.5 Å². The van der Waals surface area contributed by atoms with E-state index < -0.39 is 0 Å². The molecule has 1 fully saturated rings. The average molecular weight is 238 g/mol. The van der Waals surface area contributed by atoms with Gasteiger partial charge < -0.3 is 10.0 Å². The summed E-state index contributed by atoms with van der Waals surface area (Å²) >= 11 is 6.01. The van der Waals surface area contributed by atoms with Crippen LogP contribution < -0.4 is 4.90 Å². The van der Waals surface area contributed by atoms with Gasteiger partial charge in [-0.2, -0.15) is 0 Å². The summed E-state index contributed by atoms with van der Waals surface area (Å²) in [4.78, 5) is 2.27. The van der Waals surface area contributed by atoms with Crippen LogP contribution in [0.3, 0.4) is 0 Å². The quantitative estimate of drug-likeness (QED) is 0.796. The van der Waals surface area contributed by atoms with Crippen LogP contribution in [0.5, 0.6) is 0 Å². The van der Waals surface area contributed by atoms with Crippen molar-refractivity contribution >= 4 is 17.3 Å². The number of aliphatic hydroxyl groups is 1. The highest BCUT2D eigenvalue weighted by molar-refractivity contribution is 6.30. The van der Waals surface area contributed by atoms with Gasteiger partial charge in [0.05, 0.1) is 6.61 Å². The Morgan fingerprint density at radius 1 is 1.50 bits per heavy atom. The molecule has 0 amide bonds. The Morgan fingerprint density at radius 3 is 2.81 bits per heavy atom. The minimum atomic E-state index is 0.0485. The van der Waals surface area contributed by atoms with E-state index in [4.69, 9.17) is 11.6 Å². The second-order valence-corrected chi connectivity index (χ2v) is 4.54. The molecule has 0 spiro atoms. The normalized spacial score (nSPS) is 14.9. The topological polar surface area (TPSA) is 23.5 Å². The number of hydrogen-bond acceptors (Lipinski definition) is 2. The summed E-state index contributed by atoms with van der Waals surface area (Å²) in [7, 11) is 0. The first-order valence-corrected chi connectivity index (χ1v) is 5.91. The van der Waals surface area contributed by atoms with Gasteiger partial charge in [-0.3, -0.25) is 0 Å². The van der Waals surface area contributed by atoms with E-state index >= 15 is 0 Å². The zero-order valence-corrected chi connectivity index (χ0v) is 9.95. The van der Waals surface area contributed by atoms with Gasteiger partial charge in [0.1, 0.15) is 0 Å². The number of anilines is 1. The molecular weight excluding hydrogens is 222 g/mol. The summed E-state index contributed by atoms with van der Waals surface area (Å²) in [5.74, 6) is 0. The molecule has 0 aromatic heterocycles. The predicted octanol–water partition coefficient (Wildman–Crippen LogP) is 2.99. The van der Waals surface area contributed by atoms with Crippen LogP contribution in [0.2, 0.25) is 5.02 Å². The van der Waals surface area contributed by atoms with E-state index in [1.807, 2.05) is 24.3 Å². The summed E-state index contributed by atoms with van der Waals surface area (Å²) in [6.45, 7) is 4.63. The van der Waals surface area contributed by atoms with Crippen LogP contribution in [0.25, 0.3) is 0 Å². The molecule has 2 nitrogen and oxygen atoms in total. The third kappa shape index (κ3) is 2.39. The Labute approximate surface area is 101 Å². The molecule has 0 aliphatic heterocycles. The Hall–Kier alpha value is -0.990. The number of rotatable bonds is 5. The Kier molecular flexibility index (Phi) is 3.52. The molecule has 1 N–H and O–H groups in total. The fourth-order valence-corrected chi connectivity index (χ4v) is 2.07. The Bertz CT molecular complexity index is 388. The molecular formula is C13H16ClNO. The monoisotopic (exact) mass is 237 g/mol. The lowest BCUT2D eigenvalue weighted by atomic mass is 10.1. The molecule has 1 aliphatic rings. The van der Waals surface area contributed by atoms with Crippen molar-refractivity contribution in [2.75, 3.05) is 11.4 Å². The highest BCUT2D eigenvalue weighted by atomic mass is 35.5. The smallest absolute Gasteiger partial charge is 0.0702 e. The number of benzene rings is 1. The van der Waals surface area contributed by atoms with Crippen LogP contribution in [0.4, 0.5) is 5.69 Å². The lowest BCUT2D eigenvalue weighted by Gasteiger charge is -2.25. The standard InChI is InChI=1S/C13H16ClNO/c1-2-7-15(12-5-6-12)13-8-11(14)4-3-10(13)9-16/h2-4,8,12,16H,1,5-7,9H2. The molecule has 0 unspecified atom stereocenters. The SMILES string of the molecule is C=CCN(c1cc(Cl)ccc1CO)C1CC1. The summed E-state index contributed by atoms with van der Waals surface area (Å²) < 4.78 is 0. The van der Waals surface area contributed by atoms with Crippen LogP contribution in [-0.2, 0) is 6.61 Å². The van der Waals surface area contributed by atoms with Gasteiger partial charge in [0.25, 0.3) is 0 Å². The highest BCUT2D eigenvalue weighted by Crippen LogP contribution is 2.34. The largest absolute Gasteiger partial charge is 0.392 e. The first-order valence-electron chi connectivity index (χ1n) is 5.53. The minimum absolute atomic E-state index is 0.0485. The summed E-state index contributed by atoms with van der Waals surface area (Å²) in [5, 5.41) is 10.0. The summed E-state index contributed by atoms with van der Waals surface area (Å²) in [6.07, 6.45) is 4.32. The fraction of sp³-hybridized carbons (Fsp3) is 0.385. The number of aliphatic hydroxyl groups excluding tert-OH is 1. The van der Waals surface area contributed by atoms with Crippen LogP contribution in [0, 0.1) is 0 Å². The Morgan fingerprint density at radius 2 is 2.25 bits per heavy atom. The molecule has 3 heteroatoms. The third-order valence-electron chi connectivity index (χ3n) is 2.84. The van der Waals surface area contributed by atoms with Crippen molar-refractivity contribution in [3.63, 3.8) is 0 Å². The maximum absolute atomic E-state index is 9.33. The van der Waals surface area contributed by atoms with Gasteiger partial charge in [0.15, 0.2) is 0 Å². The molecule has 16 heavy (non-hydrogen) atoms. The maximum atomic E-state index is 9.33. The van der Waals surface area contributed by atoms with Crippen molar-refractivity contribution in [1.29, 1.82) is 0 Å². The first-order chi connectivity index (χ1) is 7.76. The number of hydrogen-bond donors (Lipinski definition) is 1. The second kappa shape index (κ2) is 4.89. The van der Waals surface area contributed by atoms with Crippen molar-refractivity contribution in [3.05, 3.63) is 41.4 Å². The van der Waals surface area contributed by atoms with E-state index in [9.17, 15) is 5.11 Å². The maximum Gasteiger partial charge on any atom is 0.0702 e. The Balaban J connectivity index is 2.33. The highest BCUT2D eigenvalue weighted by Gasteiger charge is 2.29. The molecule has 0 bridgehead atoms. The first kappa shape index (κ1) is 11.5. The molecule has 2 rings (SSSR count). The lowest BCUT2D eigenvalue weighted by Crippen LogP contribution is -2.26. The van der Waals surface area contributed by atoms with Gasteiger partial charge in [-0.25, -0.2) is 0 Å². The zero-order valence-electron chi connectivity index (χ0n) is 9.19. The van der Waals surface area contributed by atoms with Crippen molar-refractivity contribution in [1.82, 2.24) is 0 Å². The van der Waals surface area contributed by atoms with Gasteiger partial charge >= 0.3 is 0 Å². The minimum Gasteiger partial charge on any atom is -0.392 e. The van der Waals surface area contributed by atoms with Crippen LogP contribution in [0.1, 0.15) is 18.4 Å². The van der Waals surface area contributed by atoms with Gasteiger partial charge in [-0.05, 0) is 25.0 Å². The van der Waals surface area contributed by atoms with Crippen molar-refractivity contribution in [3.8, 4) is 0 Å². The molecule has 1 aromatic carbocycles. The van der Waals surface area contributed by atoms with Crippen LogP contribution >= 0.6 is 11.6 Å². The third-order valence-corrected chi connectivity index (χ3v) is 3.08. The molecule has 1 saturated carbocycles. The van der Waals surface area contributed by atoms with Crippen molar-refractivity contribution in [2.24, 2.45) is 0 Å². The molecule has 0 radical (unpaired) electrons. The van der Waals surface area contributed by atoms with E-state index in [-0.39, 0.29) is 6.61 Å². The van der Waals surface area contributed by atoms with E-state index in [0.29, 0.717) is 11.1 Å². The van der Waals surface area contributed by atoms with Crippen LogP contribution in [0.15, 0.2) is 30.9 Å². The van der Waals surface area contributed by atoms with Gasteiger partial charge in [-0.15, -0.1) is 6.58 Å². The van der Waals surface area contributed by atoms with Gasteiger partial charge in [0, 0.05) is 28.9 Å². The summed E-state index contributed by atoms with van der Waals surface area (Å²) in [5.41, 5.74) is 1.97. The lowest BCUT2D eigenvalue weighted by molar-refractivity contribution is 0.282. The van der Waals surface area contributed by atoms with Crippen LogP contribution in [-0.4, -0.2) is 17.7 Å². The molecule has 0 heterocycles. The molecule has 1 aliphatic carbocycles. The number of halogens is 1. The molecule has 0 atom stereocenters. The van der Waals surface area contributed by atoms with Crippen molar-refractivity contribution < 1.29 is 5.11 Å². The fourth-order valence-electron chi connectivity index (χ4n) is 1.91. The van der Waals surface area contributed by atoms with E-state index in [1.54, 1.807) is 0 Å². The summed E-state index contributed by atoms with van der Waals surface area (Å²) in [6, 6.07) is 6.21. The molecule has 0 saturated heterocycles. The predicted molar refractivity (Wildman–Crippen MR) is 67.9 cm³/mol. The zero-order chi connectivity index (χ0) is 11.5. The average Bonchev–Trinajstić information content (AvgIpc) is 3.10. The molecule has 1 aromatic rings. The van der Waals surface area contributed by atoms with Gasteiger partial charge in [0.2, 0.25) is 0 Å². The van der Waals surface area contributed by atoms with Crippen molar-refractivity contribution in [2.45, 2.75) is 25.5 Å². The van der Waals surface area contributed by atoms with E-state index in [1.165, 1.54) is 12.8 Å². The number of nitrogens with zero attached hydrogens (tertiary/aromatic N) is 1. The molecule has 86 valence electrons. The van der Waals surface area contributed by atoms with Gasteiger partial charge in [-0.1, -0.05) is 23.7 Å².